The van der Waals surface area contributed by atoms with Crippen LogP contribution in [-0.4, -0.2) is 24.5 Å². The predicted octanol–water partition coefficient (Wildman–Crippen LogP) is 3.81. The monoisotopic (exact) mass is 295 g/mol. The van der Waals surface area contributed by atoms with Crippen LogP contribution in [0.1, 0.15) is 31.0 Å². The van der Waals surface area contributed by atoms with Crippen LogP contribution in [0.5, 0.6) is 0 Å². The molecule has 0 amide bonds. The average Bonchev–Trinajstić information content (AvgIpc) is 2.60. The molecule has 3 rings (SSSR count). The Kier molecular flexibility index (Phi) is 4.34. The van der Waals surface area contributed by atoms with Gasteiger partial charge in [-0.2, -0.15) is 0 Å². The van der Waals surface area contributed by atoms with Crippen LogP contribution in [0.15, 0.2) is 36.5 Å². The number of ether oxygens (including phenoxy) is 1. The summed E-state index contributed by atoms with van der Waals surface area (Å²) in [5.41, 5.74) is 1.83. The van der Waals surface area contributed by atoms with Crippen molar-refractivity contribution in [2.45, 2.75) is 26.2 Å². The van der Waals surface area contributed by atoms with Crippen molar-refractivity contribution < 1.29 is 9.53 Å². The SMILES string of the molecule is CCc1ccc2cnc(/C=C/C3(C=O)CCOCC3)cc2c1. The van der Waals surface area contributed by atoms with E-state index in [-0.39, 0.29) is 5.41 Å². The van der Waals surface area contributed by atoms with Crippen LogP contribution in [0.3, 0.4) is 0 Å². The molecule has 1 aromatic carbocycles. The molecule has 3 heteroatoms. The summed E-state index contributed by atoms with van der Waals surface area (Å²) in [6.07, 6.45) is 9.45. The number of rotatable bonds is 4. The third kappa shape index (κ3) is 3.09. The summed E-state index contributed by atoms with van der Waals surface area (Å²) in [6.45, 7) is 3.45. The molecule has 3 nitrogen and oxygen atoms in total. The molecular formula is C19H21NO2. The number of fused-ring (bicyclic) bond motifs is 1. The van der Waals surface area contributed by atoms with Gasteiger partial charge in [0.15, 0.2) is 0 Å². The first kappa shape index (κ1) is 14.9. The zero-order valence-electron chi connectivity index (χ0n) is 12.9. The molecule has 2 aromatic rings. The first-order valence-corrected chi connectivity index (χ1v) is 7.87. The normalized spacial score (nSPS) is 17.9. The molecule has 1 aliphatic rings. The van der Waals surface area contributed by atoms with Crippen molar-refractivity contribution >= 4 is 23.1 Å². The number of aromatic nitrogens is 1. The largest absolute Gasteiger partial charge is 0.381 e. The Morgan fingerprint density at radius 2 is 2.05 bits per heavy atom. The number of allylic oxidation sites excluding steroid dienone is 1. The minimum absolute atomic E-state index is 0.389. The fraction of sp³-hybridized carbons (Fsp3) is 0.368. The molecule has 2 heterocycles. The van der Waals surface area contributed by atoms with Crippen LogP contribution in [0.2, 0.25) is 0 Å². The van der Waals surface area contributed by atoms with Crippen molar-refractivity contribution in [3.63, 3.8) is 0 Å². The number of carbonyl (C=O) groups excluding carboxylic acids is 1. The number of hydrogen-bond donors (Lipinski definition) is 0. The van der Waals surface area contributed by atoms with Crippen LogP contribution in [0, 0.1) is 5.41 Å². The number of hydrogen-bond acceptors (Lipinski definition) is 3. The van der Waals surface area contributed by atoms with Crippen LogP contribution in [0.4, 0.5) is 0 Å². The van der Waals surface area contributed by atoms with E-state index in [4.69, 9.17) is 4.74 Å². The first-order chi connectivity index (χ1) is 10.7. The number of benzene rings is 1. The van der Waals surface area contributed by atoms with Gasteiger partial charge in [-0.1, -0.05) is 31.2 Å². The van der Waals surface area contributed by atoms with E-state index < -0.39 is 0 Å². The minimum Gasteiger partial charge on any atom is -0.381 e. The summed E-state index contributed by atoms with van der Waals surface area (Å²) >= 11 is 0. The van der Waals surface area contributed by atoms with Crippen LogP contribution < -0.4 is 0 Å². The summed E-state index contributed by atoms with van der Waals surface area (Å²) in [5, 5.41) is 2.34. The first-order valence-electron chi connectivity index (χ1n) is 7.87. The quantitative estimate of drug-likeness (QED) is 0.805. The number of pyridine rings is 1. The van der Waals surface area contributed by atoms with Gasteiger partial charge in [0.2, 0.25) is 0 Å². The summed E-state index contributed by atoms with van der Waals surface area (Å²) in [5.74, 6) is 0. The van der Waals surface area contributed by atoms with Crippen molar-refractivity contribution in [1.29, 1.82) is 0 Å². The maximum Gasteiger partial charge on any atom is 0.130 e. The molecular weight excluding hydrogens is 274 g/mol. The van der Waals surface area contributed by atoms with Gasteiger partial charge in [-0.15, -0.1) is 0 Å². The zero-order chi connectivity index (χ0) is 15.4. The lowest BCUT2D eigenvalue weighted by molar-refractivity contribution is -0.117. The van der Waals surface area contributed by atoms with Crippen LogP contribution in [-0.2, 0) is 16.0 Å². The van der Waals surface area contributed by atoms with Gasteiger partial charge in [0.1, 0.15) is 6.29 Å². The number of carbonyl (C=O) groups is 1. The lowest BCUT2D eigenvalue weighted by Gasteiger charge is -2.28. The standard InChI is InChI=1S/C19H21NO2/c1-2-15-3-4-16-13-20-18(12-17(16)11-15)5-6-19(14-21)7-9-22-10-8-19/h3-6,11-14H,2,7-10H2,1H3/b6-5+. The number of aryl methyl sites for hydroxylation is 1. The molecule has 22 heavy (non-hydrogen) atoms. The van der Waals surface area contributed by atoms with E-state index in [1.165, 1.54) is 10.9 Å². The molecule has 1 aliphatic heterocycles. The molecule has 0 aliphatic carbocycles. The van der Waals surface area contributed by atoms with E-state index in [0.29, 0.717) is 13.2 Å². The maximum atomic E-state index is 11.5. The van der Waals surface area contributed by atoms with Gasteiger partial charge in [0, 0.05) is 30.2 Å². The van der Waals surface area contributed by atoms with E-state index >= 15 is 0 Å². The second kappa shape index (κ2) is 6.41. The van der Waals surface area contributed by atoms with E-state index in [2.05, 4.69) is 36.2 Å². The lowest BCUT2D eigenvalue weighted by Crippen LogP contribution is -2.28. The average molecular weight is 295 g/mol. The molecule has 0 saturated carbocycles. The highest BCUT2D eigenvalue weighted by molar-refractivity contribution is 5.84. The van der Waals surface area contributed by atoms with E-state index in [0.717, 1.165) is 36.6 Å². The molecule has 0 N–H and O–H groups in total. The molecule has 0 radical (unpaired) electrons. The highest BCUT2D eigenvalue weighted by Crippen LogP contribution is 2.30. The zero-order valence-corrected chi connectivity index (χ0v) is 12.9. The van der Waals surface area contributed by atoms with Crippen molar-refractivity contribution in [3.8, 4) is 0 Å². The highest BCUT2D eigenvalue weighted by Gasteiger charge is 2.29. The molecule has 1 aromatic heterocycles. The summed E-state index contributed by atoms with van der Waals surface area (Å²) in [4.78, 5) is 15.9. The Labute approximate surface area is 131 Å². The van der Waals surface area contributed by atoms with Gasteiger partial charge in [0.05, 0.1) is 5.69 Å². The van der Waals surface area contributed by atoms with Gasteiger partial charge in [-0.05, 0) is 42.4 Å². The fourth-order valence-electron chi connectivity index (χ4n) is 2.85. The lowest BCUT2D eigenvalue weighted by atomic mass is 9.81. The third-order valence-corrected chi connectivity index (χ3v) is 4.46. The van der Waals surface area contributed by atoms with Gasteiger partial charge >= 0.3 is 0 Å². The van der Waals surface area contributed by atoms with Crippen molar-refractivity contribution in [2.75, 3.05) is 13.2 Å². The van der Waals surface area contributed by atoms with Gasteiger partial charge in [-0.3, -0.25) is 4.98 Å². The maximum absolute atomic E-state index is 11.5. The predicted molar refractivity (Wildman–Crippen MR) is 88.7 cm³/mol. The summed E-state index contributed by atoms with van der Waals surface area (Å²) in [7, 11) is 0. The Balaban J connectivity index is 1.89. The summed E-state index contributed by atoms with van der Waals surface area (Å²) < 4.78 is 5.35. The van der Waals surface area contributed by atoms with Gasteiger partial charge in [-0.25, -0.2) is 0 Å². The fourth-order valence-corrected chi connectivity index (χ4v) is 2.85. The van der Waals surface area contributed by atoms with Crippen molar-refractivity contribution in [1.82, 2.24) is 4.98 Å². The Morgan fingerprint density at radius 3 is 2.77 bits per heavy atom. The third-order valence-electron chi connectivity index (χ3n) is 4.46. The molecule has 0 unspecified atom stereocenters. The van der Waals surface area contributed by atoms with Crippen LogP contribution >= 0.6 is 0 Å². The molecule has 0 atom stereocenters. The second-order valence-electron chi connectivity index (χ2n) is 5.94. The number of aldehydes is 1. The Morgan fingerprint density at radius 1 is 1.23 bits per heavy atom. The van der Waals surface area contributed by atoms with Gasteiger partial charge < -0.3 is 9.53 Å². The van der Waals surface area contributed by atoms with E-state index in [1.54, 1.807) is 0 Å². The number of nitrogens with zero attached hydrogens (tertiary/aromatic N) is 1. The van der Waals surface area contributed by atoms with Crippen molar-refractivity contribution in [2.24, 2.45) is 5.41 Å². The molecule has 0 spiro atoms. The van der Waals surface area contributed by atoms with Crippen molar-refractivity contribution in [3.05, 3.63) is 47.8 Å². The molecule has 0 bridgehead atoms. The molecule has 114 valence electrons. The highest BCUT2D eigenvalue weighted by atomic mass is 16.5. The topological polar surface area (TPSA) is 39.2 Å². The molecule has 1 fully saturated rings. The molecule has 1 saturated heterocycles. The smallest absolute Gasteiger partial charge is 0.130 e. The summed E-state index contributed by atoms with van der Waals surface area (Å²) in [6, 6.07) is 8.55. The van der Waals surface area contributed by atoms with E-state index in [1.807, 2.05) is 18.3 Å². The van der Waals surface area contributed by atoms with E-state index in [9.17, 15) is 4.79 Å². The Hall–Kier alpha value is -2.00. The Bertz CT molecular complexity index is 700. The van der Waals surface area contributed by atoms with Gasteiger partial charge in [0.25, 0.3) is 0 Å². The minimum atomic E-state index is -0.389. The second-order valence-corrected chi connectivity index (χ2v) is 5.94. The van der Waals surface area contributed by atoms with Crippen LogP contribution in [0.25, 0.3) is 16.8 Å².